The number of rotatable bonds is 4. The molecule has 1 aromatic carbocycles. The molecular formula is C18H21IN4O. The van der Waals surface area contributed by atoms with Crippen LogP contribution in [0.1, 0.15) is 24.1 Å². The molecule has 5 nitrogen and oxygen atoms in total. The van der Waals surface area contributed by atoms with Crippen LogP contribution < -0.4 is 10.2 Å². The number of nitrogens with one attached hydrogen (secondary N) is 1. The highest BCUT2D eigenvalue weighted by Crippen LogP contribution is 2.21. The summed E-state index contributed by atoms with van der Waals surface area (Å²) in [5, 5.41) is 11.4. The predicted molar refractivity (Wildman–Crippen MR) is 103 cm³/mol. The normalized spacial score (nSPS) is 15.3. The fraction of sp³-hybridized carbons (Fsp3) is 0.389. The van der Waals surface area contributed by atoms with Gasteiger partial charge < -0.3 is 10.2 Å². The van der Waals surface area contributed by atoms with Crippen LogP contribution in [0.15, 0.2) is 36.4 Å². The van der Waals surface area contributed by atoms with Crippen molar-refractivity contribution in [2.75, 3.05) is 18.0 Å². The maximum atomic E-state index is 12.4. The van der Waals surface area contributed by atoms with Crippen molar-refractivity contribution in [2.45, 2.75) is 26.3 Å². The van der Waals surface area contributed by atoms with Crippen LogP contribution in [0.25, 0.3) is 0 Å². The monoisotopic (exact) mass is 436 g/mol. The summed E-state index contributed by atoms with van der Waals surface area (Å²) in [5.74, 6) is 1.14. The molecule has 0 saturated carbocycles. The van der Waals surface area contributed by atoms with E-state index in [0.29, 0.717) is 6.54 Å². The van der Waals surface area contributed by atoms with Crippen molar-refractivity contribution >= 4 is 34.3 Å². The lowest BCUT2D eigenvalue weighted by molar-refractivity contribution is -0.125. The highest BCUT2D eigenvalue weighted by atomic mass is 127. The molecule has 2 aromatic rings. The van der Waals surface area contributed by atoms with Crippen LogP contribution in [0.3, 0.4) is 0 Å². The van der Waals surface area contributed by atoms with E-state index in [0.717, 1.165) is 43.0 Å². The number of nitrogens with zero attached hydrogens (tertiary/aromatic N) is 3. The Morgan fingerprint density at radius 3 is 2.50 bits per heavy atom. The maximum Gasteiger partial charge on any atom is 0.223 e. The van der Waals surface area contributed by atoms with Crippen molar-refractivity contribution in [1.82, 2.24) is 15.5 Å². The maximum absolute atomic E-state index is 12.4. The second-order valence-electron chi connectivity index (χ2n) is 6.14. The molecule has 1 aliphatic heterocycles. The number of benzene rings is 1. The van der Waals surface area contributed by atoms with Crippen LogP contribution in [0, 0.1) is 16.4 Å². The summed E-state index contributed by atoms with van der Waals surface area (Å²) in [7, 11) is 0. The van der Waals surface area contributed by atoms with Crippen LogP contribution in [0.4, 0.5) is 5.82 Å². The first-order valence-corrected chi connectivity index (χ1v) is 9.27. The van der Waals surface area contributed by atoms with E-state index in [-0.39, 0.29) is 11.8 Å². The smallest absolute Gasteiger partial charge is 0.223 e. The number of anilines is 1. The van der Waals surface area contributed by atoms with Gasteiger partial charge in [-0.25, -0.2) is 0 Å². The summed E-state index contributed by atoms with van der Waals surface area (Å²) in [6.07, 6.45) is 1.71. The molecule has 0 atom stereocenters. The average molecular weight is 436 g/mol. The van der Waals surface area contributed by atoms with Gasteiger partial charge in [0.1, 0.15) is 0 Å². The minimum absolute atomic E-state index is 0.0866. The summed E-state index contributed by atoms with van der Waals surface area (Å²) in [6, 6.07) is 12.2. The number of carbonyl (C=O) groups excluding carboxylic acids is 1. The van der Waals surface area contributed by atoms with Gasteiger partial charge in [0, 0.05) is 29.1 Å². The number of hydrogen-bond acceptors (Lipinski definition) is 4. The van der Waals surface area contributed by atoms with Crippen molar-refractivity contribution in [2.24, 2.45) is 5.92 Å². The average Bonchev–Trinajstić information content (AvgIpc) is 2.62. The Bertz CT molecular complexity index is 679. The summed E-state index contributed by atoms with van der Waals surface area (Å²) >= 11 is 2.28. The van der Waals surface area contributed by atoms with Gasteiger partial charge in [-0.15, -0.1) is 5.10 Å². The van der Waals surface area contributed by atoms with Gasteiger partial charge in [-0.05, 0) is 72.2 Å². The topological polar surface area (TPSA) is 58.1 Å². The number of hydrogen-bond donors (Lipinski definition) is 1. The molecule has 0 spiro atoms. The molecule has 1 amide bonds. The lowest BCUT2D eigenvalue weighted by atomic mass is 9.96. The van der Waals surface area contributed by atoms with E-state index in [1.54, 1.807) is 0 Å². The number of piperidine rings is 1. The van der Waals surface area contributed by atoms with Crippen molar-refractivity contribution in [3.05, 3.63) is 51.2 Å². The first kappa shape index (κ1) is 17.1. The number of halogens is 1. The van der Waals surface area contributed by atoms with Gasteiger partial charge in [-0.1, -0.05) is 12.1 Å². The van der Waals surface area contributed by atoms with E-state index < -0.39 is 0 Å². The van der Waals surface area contributed by atoms with Crippen LogP contribution in [-0.2, 0) is 11.3 Å². The molecule has 6 heteroatoms. The Hall–Kier alpha value is -1.70. The van der Waals surface area contributed by atoms with Crippen molar-refractivity contribution in [1.29, 1.82) is 0 Å². The molecule has 1 saturated heterocycles. The molecule has 3 rings (SSSR count). The molecule has 1 aliphatic rings. The first-order valence-electron chi connectivity index (χ1n) is 8.19. The van der Waals surface area contributed by atoms with Crippen molar-refractivity contribution in [3.8, 4) is 0 Å². The standard InChI is InChI=1S/C18H21IN4O/c1-13-2-7-17(22-21-13)23-10-8-15(9-11-23)18(24)20-12-14-3-5-16(19)6-4-14/h2-7,15H,8-12H2,1H3,(H,20,24). The fourth-order valence-electron chi connectivity index (χ4n) is 2.87. The van der Waals surface area contributed by atoms with Crippen LogP contribution in [0.5, 0.6) is 0 Å². The van der Waals surface area contributed by atoms with E-state index in [1.807, 2.05) is 19.1 Å². The van der Waals surface area contributed by atoms with E-state index in [2.05, 4.69) is 67.3 Å². The van der Waals surface area contributed by atoms with Gasteiger partial charge in [0.25, 0.3) is 0 Å². The Kier molecular flexibility index (Phi) is 5.65. The van der Waals surface area contributed by atoms with Crippen LogP contribution in [-0.4, -0.2) is 29.2 Å². The highest BCUT2D eigenvalue weighted by molar-refractivity contribution is 14.1. The Labute approximate surface area is 156 Å². The number of carbonyl (C=O) groups is 1. The molecule has 2 heterocycles. The predicted octanol–water partition coefficient (Wildman–Crippen LogP) is 2.92. The Balaban J connectivity index is 1.48. The SMILES string of the molecule is Cc1ccc(N2CCC(C(=O)NCc3ccc(I)cc3)CC2)nn1. The zero-order valence-corrected chi connectivity index (χ0v) is 15.9. The largest absolute Gasteiger partial charge is 0.355 e. The number of aromatic nitrogens is 2. The third-order valence-corrected chi connectivity index (χ3v) is 5.07. The number of aryl methyl sites for hydroxylation is 1. The second-order valence-corrected chi connectivity index (χ2v) is 7.38. The van der Waals surface area contributed by atoms with Gasteiger partial charge in [-0.2, -0.15) is 5.10 Å². The molecule has 0 aliphatic carbocycles. The van der Waals surface area contributed by atoms with Crippen molar-refractivity contribution < 1.29 is 4.79 Å². The van der Waals surface area contributed by atoms with Gasteiger partial charge in [0.2, 0.25) is 5.91 Å². The van der Waals surface area contributed by atoms with Gasteiger partial charge in [0.05, 0.1) is 5.69 Å². The molecule has 0 radical (unpaired) electrons. The van der Waals surface area contributed by atoms with E-state index in [4.69, 9.17) is 0 Å². The van der Waals surface area contributed by atoms with Crippen molar-refractivity contribution in [3.63, 3.8) is 0 Å². The van der Waals surface area contributed by atoms with E-state index in [1.165, 1.54) is 3.57 Å². The van der Waals surface area contributed by atoms with Gasteiger partial charge >= 0.3 is 0 Å². The van der Waals surface area contributed by atoms with Crippen LogP contribution >= 0.6 is 22.6 Å². The summed E-state index contributed by atoms with van der Waals surface area (Å²) in [4.78, 5) is 14.6. The Morgan fingerprint density at radius 1 is 1.17 bits per heavy atom. The molecule has 0 bridgehead atoms. The van der Waals surface area contributed by atoms with E-state index >= 15 is 0 Å². The summed E-state index contributed by atoms with van der Waals surface area (Å²) in [5.41, 5.74) is 2.06. The quantitative estimate of drug-likeness (QED) is 0.750. The lowest BCUT2D eigenvalue weighted by Gasteiger charge is -2.31. The molecule has 0 unspecified atom stereocenters. The second kappa shape index (κ2) is 7.92. The number of amides is 1. The summed E-state index contributed by atoms with van der Waals surface area (Å²) < 4.78 is 1.20. The lowest BCUT2D eigenvalue weighted by Crippen LogP contribution is -2.40. The molecule has 126 valence electrons. The van der Waals surface area contributed by atoms with Gasteiger partial charge in [0.15, 0.2) is 5.82 Å². The Morgan fingerprint density at radius 2 is 1.88 bits per heavy atom. The fourth-order valence-corrected chi connectivity index (χ4v) is 3.23. The first-order chi connectivity index (χ1) is 11.6. The molecule has 24 heavy (non-hydrogen) atoms. The molecule has 1 aromatic heterocycles. The third kappa shape index (κ3) is 4.43. The molecular weight excluding hydrogens is 415 g/mol. The summed E-state index contributed by atoms with van der Waals surface area (Å²) in [6.45, 7) is 4.22. The molecule has 1 fully saturated rings. The van der Waals surface area contributed by atoms with Gasteiger partial charge in [-0.3, -0.25) is 4.79 Å². The zero-order chi connectivity index (χ0) is 16.9. The minimum Gasteiger partial charge on any atom is -0.355 e. The van der Waals surface area contributed by atoms with Crippen LogP contribution in [0.2, 0.25) is 0 Å². The minimum atomic E-state index is 0.0866. The third-order valence-electron chi connectivity index (χ3n) is 4.35. The molecule has 1 N–H and O–H groups in total. The zero-order valence-electron chi connectivity index (χ0n) is 13.7. The highest BCUT2D eigenvalue weighted by Gasteiger charge is 2.25. The van der Waals surface area contributed by atoms with E-state index in [9.17, 15) is 4.79 Å².